The van der Waals surface area contributed by atoms with Gasteiger partial charge in [0, 0.05) is 17.5 Å². The molecule has 1 aromatic heterocycles. The van der Waals surface area contributed by atoms with Gasteiger partial charge in [0.1, 0.15) is 24.5 Å². The molecule has 0 aliphatic carbocycles. The van der Waals surface area contributed by atoms with Crippen molar-refractivity contribution in [2.24, 2.45) is 0 Å². The van der Waals surface area contributed by atoms with Crippen LogP contribution in [-0.2, 0) is 0 Å². The Morgan fingerprint density at radius 2 is 1.56 bits per heavy atom. The lowest BCUT2D eigenvalue weighted by molar-refractivity contribution is 0.205. The Balaban J connectivity index is 1.63. The summed E-state index contributed by atoms with van der Waals surface area (Å²) in [6, 6.07) is 13.8. The number of ether oxygens (including phenoxy) is 4. The largest absolute Gasteiger partial charge is 0.493 e. The lowest BCUT2D eigenvalue weighted by atomic mass is 10.2. The van der Waals surface area contributed by atoms with Crippen molar-refractivity contribution in [2.45, 2.75) is 0 Å². The van der Waals surface area contributed by atoms with E-state index in [0.29, 0.717) is 41.8 Å². The normalized spacial score (nSPS) is 10.5. The average Bonchev–Trinajstić information content (AvgIpc) is 2.64. The van der Waals surface area contributed by atoms with E-state index in [1.165, 1.54) is 6.07 Å². The summed E-state index contributed by atoms with van der Waals surface area (Å²) in [5.74, 6) is 2.30. The number of para-hydroxylation sites is 1. The molecule has 6 nitrogen and oxygen atoms in total. The highest BCUT2D eigenvalue weighted by atomic mass is 16.6. The lowest BCUT2D eigenvalue weighted by Crippen LogP contribution is -2.10. The van der Waals surface area contributed by atoms with Crippen molar-refractivity contribution in [2.75, 3.05) is 27.4 Å². The summed E-state index contributed by atoms with van der Waals surface area (Å²) in [6.07, 6.45) is 0. The monoisotopic (exact) mass is 342 g/mol. The van der Waals surface area contributed by atoms with Gasteiger partial charge in [-0.25, -0.2) is 4.79 Å². The van der Waals surface area contributed by atoms with E-state index in [1.807, 2.05) is 18.2 Å². The lowest BCUT2D eigenvalue weighted by Gasteiger charge is -2.14. The van der Waals surface area contributed by atoms with Crippen molar-refractivity contribution in [3.63, 3.8) is 0 Å². The maximum atomic E-state index is 11.3. The van der Waals surface area contributed by atoms with E-state index in [4.69, 9.17) is 23.4 Å². The molecule has 0 atom stereocenters. The third-order valence-electron chi connectivity index (χ3n) is 3.58. The van der Waals surface area contributed by atoms with Crippen LogP contribution in [0.5, 0.6) is 23.0 Å². The van der Waals surface area contributed by atoms with E-state index in [0.717, 1.165) is 5.39 Å². The zero-order chi connectivity index (χ0) is 17.6. The number of hydrogen-bond donors (Lipinski definition) is 0. The summed E-state index contributed by atoms with van der Waals surface area (Å²) in [7, 11) is 3.14. The molecule has 2 aromatic carbocycles. The molecule has 1 heterocycles. The van der Waals surface area contributed by atoms with Crippen molar-refractivity contribution in [3.05, 3.63) is 59.0 Å². The van der Waals surface area contributed by atoms with Crippen LogP contribution in [0.25, 0.3) is 11.0 Å². The zero-order valence-electron chi connectivity index (χ0n) is 14.0. The molecule has 0 aliphatic heterocycles. The second-order valence-electron chi connectivity index (χ2n) is 5.14. The average molecular weight is 342 g/mol. The molecule has 0 aliphatic rings. The fourth-order valence-corrected chi connectivity index (χ4v) is 2.39. The molecule has 3 aromatic rings. The van der Waals surface area contributed by atoms with Crippen LogP contribution in [0.15, 0.2) is 57.7 Å². The molecule has 130 valence electrons. The maximum Gasteiger partial charge on any atom is 0.336 e. The Kier molecular flexibility index (Phi) is 5.09. The van der Waals surface area contributed by atoms with Gasteiger partial charge in [0.25, 0.3) is 0 Å². The first-order valence-electron chi connectivity index (χ1n) is 7.72. The number of hydrogen-bond acceptors (Lipinski definition) is 6. The predicted molar refractivity (Wildman–Crippen MR) is 93.0 cm³/mol. The highest BCUT2D eigenvalue weighted by Crippen LogP contribution is 2.36. The predicted octanol–water partition coefficient (Wildman–Crippen LogP) is 3.27. The van der Waals surface area contributed by atoms with Gasteiger partial charge in [-0.1, -0.05) is 6.07 Å². The minimum Gasteiger partial charge on any atom is -0.493 e. The van der Waals surface area contributed by atoms with E-state index >= 15 is 0 Å². The Hall–Kier alpha value is -3.15. The highest BCUT2D eigenvalue weighted by molar-refractivity contribution is 5.77. The Morgan fingerprint density at radius 1 is 0.880 bits per heavy atom. The quantitative estimate of drug-likeness (QED) is 0.485. The van der Waals surface area contributed by atoms with E-state index in [2.05, 4.69) is 0 Å². The van der Waals surface area contributed by atoms with E-state index in [9.17, 15) is 4.79 Å². The van der Waals surface area contributed by atoms with Crippen LogP contribution in [0.4, 0.5) is 0 Å². The molecule has 0 amide bonds. The fraction of sp³-hybridized carbons (Fsp3) is 0.211. The molecule has 3 rings (SSSR count). The number of rotatable bonds is 7. The van der Waals surface area contributed by atoms with Crippen molar-refractivity contribution in [3.8, 4) is 23.0 Å². The number of benzene rings is 2. The van der Waals surface area contributed by atoms with Gasteiger partial charge in [0.15, 0.2) is 11.5 Å². The summed E-state index contributed by atoms with van der Waals surface area (Å²) >= 11 is 0. The van der Waals surface area contributed by atoms with Crippen molar-refractivity contribution < 1.29 is 23.4 Å². The topological polar surface area (TPSA) is 67.1 Å². The van der Waals surface area contributed by atoms with E-state index in [-0.39, 0.29) is 0 Å². The number of methoxy groups -OCH3 is 2. The Bertz CT molecular complexity index is 893. The van der Waals surface area contributed by atoms with Crippen LogP contribution in [0.3, 0.4) is 0 Å². The smallest absolute Gasteiger partial charge is 0.336 e. The first kappa shape index (κ1) is 16.7. The van der Waals surface area contributed by atoms with Crippen LogP contribution >= 0.6 is 0 Å². The minimum absolute atomic E-state index is 0.299. The maximum absolute atomic E-state index is 11.3. The SMILES string of the molecule is COc1cccc(OC)c1OCCOc1ccc2ccc(=O)oc2c1. The first-order valence-corrected chi connectivity index (χ1v) is 7.72. The van der Waals surface area contributed by atoms with E-state index < -0.39 is 5.63 Å². The van der Waals surface area contributed by atoms with Gasteiger partial charge in [0.05, 0.1) is 14.2 Å². The van der Waals surface area contributed by atoms with Crippen LogP contribution in [0, 0.1) is 0 Å². The van der Waals surface area contributed by atoms with E-state index in [1.54, 1.807) is 38.5 Å². The van der Waals surface area contributed by atoms with Crippen LogP contribution in [0.1, 0.15) is 0 Å². The van der Waals surface area contributed by atoms with Gasteiger partial charge < -0.3 is 23.4 Å². The van der Waals surface area contributed by atoms with Gasteiger partial charge in [-0.05, 0) is 30.3 Å². The second-order valence-corrected chi connectivity index (χ2v) is 5.14. The summed E-state index contributed by atoms with van der Waals surface area (Å²) in [4.78, 5) is 11.3. The molecule has 0 unspecified atom stereocenters. The zero-order valence-corrected chi connectivity index (χ0v) is 14.0. The summed E-state index contributed by atoms with van der Waals surface area (Å²) in [6.45, 7) is 0.608. The first-order chi connectivity index (χ1) is 12.2. The summed E-state index contributed by atoms with van der Waals surface area (Å²) in [5, 5.41) is 0.835. The Morgan fingerprint density at radius 3 is 2.28 bits per heavy atom. The highest BCUT2D eigenvalue weighted by Gasteiger charge is 2.11. The van der Waals surface area contributed by atoms with Crippen LogP contribution < -0.4 is 24.6 Å². The van der Waals surface area contributed by atoms with Gasteiger partial charge in [-0.15, -0.1) is 0 Å². The molecule has 6 heteroatoms. The van der Waals surface area contributed by atoms with Gasteiger partial charge in [-0.3, -0.25) is 0 Å². The molecule has 25 heavy (non-hydrogen) atoms. The third-order valence-corrected chi connectivity index (χ3v) is 3.58. The molecule has 0 saturated heterocycles. The molecule has 0 spiro atoms. The molecule has 0 bridgehead atoms. The third kappa shape index (κ3) is 3.85. The molecular weight excluding hydrogens is 324 g/mol. The van der Waals surface area contributed by atoms with Gasteiger partial charge in [-0.2, -0.15) is 0 Å². The Labute approximate surface area is 144 Å². The molecule has 0 N–H and O–H groups in total. The van der Waals surface area contributed by atoms with Crippen molar-refractivity contribution >= 4 is 11.0 Å². The number of fused-ring (bicyclic) bond motifs is 1. The van der Waals surface area contributed by atoms with Crippen molar-refractivity contribution in [1.29, 1.82) is 0 Å². The van der Waals surface area contributed by atoms with Gasteiger partial charge >= 0.3 is 5.63 Å². The molecule has 0 fully saturated rings. The molecule has 0 saturated carbocycles. The molecule has 0 radical (unpaired) electrons. The van der Waals surface area contributed by atoms with Crippen molar-refractivity contribution in [1.82, 2.24) is 0 Å². The second kappa shape index (κ2) is 7.61. The summed E-state index contributed by atoms with van der Waals surface area (Å²) < 4.78 is 27.1. The van der Waals surface area contributed by atoms with Gasteiger partial charge in [0.2, 0.25) is 5.75 Å². The van der Waals surface area contributed by atoms with Crippen LogP contribution in [0.2, 0.25) is 0 Å². The van der Waals surface area contributed by atoms with Crippen LogP contribution in [-0.4, -0.2) is 27.4 Å². The minimum atomic E-state index is -0.392. The standard InChI is InChI=1S/C19H18O6/c1-21-15-4-3-5-16(22-2)19(15)24-11-10-23-14-8-6-13-7-9-18(20)25-17(13)12-14/h3-9,12H,10-11H2,1-2H3. The fourth-order valence-electron chi connectivity index (χ4n) is 2.39. The molecular formula is C19H18O6. The summed E-state index contributed by atoms with van der Waals surface area (Å²) in [5.41, 5.74) is 0.0913.